The van der Waals surface area contributed by atoms with E-state index in [-0.39, 0.29) is 6.03 Å². The van der Waals surface area contributed by atoms with Crippen LogP contribution in [0, 0.1) is 0 Å². The van der Waals surface area contributed by atoms with Crippen LogP contribution < -0.4 is 5.32 Å². The number of carbonyl (C=O) groups is 1. The number of rotatable bonds is 4. The van der Waals surface area contributed by atoms with Gasteiger partial charge in [0, 0.05) is 18.6 Å². The summed E-state index contributed by atoms with van der Waals surface area (Å²) >= 11 is 0. The highest BCUT2D eigenvalue weighted by Gasteiger charge is 2.26. The van der Waals surface area contributed by atoms with Crippen molar-refractivity contribution in [2.45, 2.75) is 52.1 Å². The highest BCUT2D eigenvalue weighted by atomic mass is 16.2. The Labute approximate surface area is 80.5 Å². The number of nitrogens with zero attached hydrogens (tertiary/aromatic N) is 1. The van der Waals surface area contributed by atoms with Crippen LogP contribution in [0.25, 0.3) is 0 Å². The van der Waals surface area contributed by atoms with Crippen LogP contribution in [0.1, 0.15) is 40.0 Å². The van der Waals surface area contributed by atoms with Gasteiger partial charge in [-0.2, -0.15) is 0 Å². The molecule has 1 N–H and O–H groups in total. The van der Waals surface area contributed by atoms with Crippen molar-refractivity contribution in [3.8, 4) is 0 Å². The Balaban J connectivity index is 2.36. The minimum atomic E-state index is 0.111. The number of hydrogen-bond acceptors (Lipinski definition) is 1. The third kappa shape index (κ3) is 3.25. The molecule has 3 nitrogen and oxygen atoms in total. The van der Waals surface area contributed by atoms with E-state index in [0.29, 0.717) is 12.1 Å². The molecule has 0 bridgehead atoms. The first-order valence-corrected chi connectivity index (χ1v) is 5.22. The zero-order chi connectivity index (χ0) is 9.84. The average molecular weight is 184 g/mol. The van der Waals surface area contributed by atoms with E-state index in [2.05, 4.69) is 26.1 Å². The maximum absolute atomic E-state index is 11.6. The van der Waals surface area contributed by atoms with Gasteiger partial charge in [0.25, 0.3) is 0 Å². The summed E-state index contributed by atoms with van der Waals surface area (Å²) in [7, 11) is 0. The quantitative estimate of drug-likeness (QED) is 0.712. The zero-order valence-corrected chi connectivity index (χ0v) is 8.84. The van der Waals surface area contributed by atoms with Crippen LogP contribution >= 0.6 is 0 Å². The minimum absolute atomic E-state index is 0.111. The Morgan fingerprint density at radius 3 is 2.54 bits per heavy atom. The fourth-order valence-corrected chi connectivity index (χ4v) is 1.32. The van der Waals surface area contributed by atoms with E-state index in [1.54, 1.807) is 0 Å². The molecular weight excluding hydrogens is 164 g/mol. The third-order valence-corrected chi connectivity index (χ3v) is 2.25. The second-order valence-electron chi connectivity index (χ2n) is 4.01. The smallest absolute Gasteiger partial charge is 0.317 e. The summed E-state index contributed by atoms with van der Waals surface area (Å²) in [6.45, 7) is 7.07. The van der Waals surface area contributed by atoms with Crippen LogP contribution in [0.3, 0.4) is 0 Å². The summed E-state index contributed by atoms with van der Waals surface area (Å²) < 4.78 is 0. The zero-order valence-electron chi connectivity index (χ0n) is 8.84. The fourth-order valence-electron chi connectivity index (χ4n) is 1.32. The summed E-state index contributed by atoms with van der Waals surface area (Å²) in [4.78, 5) is 13.5. The van der Waals surface area contributed by atoms with Crippen LogP contribution in [0.5, 0.6) is 0 Å². The molecule has 2 amide bonds. The number of hydrogen-bond donors (Lipinski definition) is 1. The van der Waals surface area contributed by atoms with Crippen molar-refractivity contribution in [2.75, 3.05) is 6.54 Å². The minimum Gasteiger partial charge on any atom is -0.335 e. The molecule has 0 atom stereocenters. The van der Waals surface area contributed by atoms with Crippen LogP contribution in [0.15, 0.2) is 0 Å². The summed E-state index contributed by atoms with van der Waals surface area (Å²) in [5.74, 6) is 0. The predicted octanol–water partition coefficient (Wildman–Crippen LogP) is 1.98. The van der Waals surface area contributed by atoms with Gasteiger partial charge in [0.05, 0.1) is 0 Å². The second kappa shape index (κ2) is 4.49. The molecular formula is C10H20N2O. The van der Waals surface area contributed by atoms with Gasteiger partial charge in [-0.15, -0.1) is 0 Å². The molecule has 0 aromatic heterocycles. The van der Waals surface area contributed by atoms with Gasteiger partial charge in [-0.1, -0.05) is 6.92 Å². The summed E-state index contributed by atoms with van der Waals surface area (Å²) in [6, 6.07) is 0.878. The van der Waals surface area contributed by atoms with E-state index in [9.17, 15) is 4.79 Å². The molecule has 1 aliphatic carbocycles. The largest absolute Gasteiger partial charge is 0.335 e. The van der Waals surface area contributed by atoms with Crippen molar-refractivity contribution >= 4 is 6.03 Å². The molecule has 0 aromatic carbocycles. The SMILES string of the molecule is CCCN(C(=O)NC1CC1)C(C)C. The first kappa shape index (κ1) is 10.4. The van der Waals surface area contributed by atoms with E-state index < -0.39 is 0 Å². The second-order valence-corrected chi connectivity index (χ2v) is 4.01. The van der Waals surface area contributed by atoms with E-state index in [1.165, 1.54) is 0 Å². The van der Waals surface area contributed by atoms with Crippen molar-refractivity contribution in [1.82, 2.24) is 10.2 Å². The summed E-state index contributed by atoms with van der Waals surface area (Å²) in [5, 5.41) is 3.01. The first-order valence-electron chi connectivity index (χ1n) is 5.22. The highest BCUT2D eigenvalue weighted by molar-refractivity contribution is 5.75. The van der Waals surface area contributed by atoms with Crippen LogP contribution in [-0.4, -0.2) is 29.6 Å². The van der Waals surface area contributed by atoms with Gasteiger partial charge in [-0.3, -0.25) is 0 Å². The van der Waals surface area contributed by atoms with Gasteiger partial charge in [0.2, 0.25) is 0 Å². The maximum atomic E-state index is 11.6. The lowest BCUT2D eigenvalue weighted by atomic mass is 10.3. The predicted molar refractivity (Wildman–Crippen MR) is 53.7 cm³/mol. The Hall–Kier alpha value is -0.730. The van der Waals surface area contributed by atoms with Gasteiger partial charge in [0.1, 0.15) is 0 Å². The fraction of sp³-hybridized carbons (Fsp3) is 0.900. The Bertz CT molecular complexity index is 176. The van der Waals surface area contributed by atoms with Crippen molar-refractivity contribution in [3.05, 3.63) is 0 Å². The lowest BCUT2D eigenvalue weighted by molar-refractivity contribution is 0.183. The third-order valence-electron chi connectivity index (χ3n) is 2.25. The average Bonchev–Trinajstić information content (AvgIpc) is 2.83. The lowest BCUT2D eigenvalue weighted by Crippen LogP contribution is -2.45. The van der Waals surface area contributed by atoms with Crippen molar-refractivity contribution < 1.29 is 4.79 Å². The first-order chi connectivity index (χ1) is 6.15. The Kier molecular flexibility index (Phi) is 3.58. The van der Waals surface area contributed by atoms with Crippen molar-refractivity contribution in [2.24, 2.45) is 0 Å². The van der Waals surface area contributed by atoms with Gasteiger partial charge in [-0.05, 0) is 33.1 Å². The molecule has 1 rings (SSSR count). The topological polar surface area (TPSA) is 32.3 Å². The normalized spacial score (nSPS) is 16.0. The van der Waals surface area contributed by atoms with Crippen LogP contribution in [0.4, 0.5) is 4.79 Å². The van der Waals surface area contributed by atoms with E-state index in [0.717, 1.165) is 25.8 Å². The molecule has 76 valence electrons. The molecule has 0 spiro atoms. The molecule has 0 saturated heterocycles. The number of carbonyl (C=O) groups excluding carboxylic acids is 1. The maximum Gasteiger partial charge on any atom is 0.317 e. The molecule has 13 heavy (non-hydrogen) atoms. The van der Waals surface area contributed by atoms with Crippen molar-refractivity contribution in [3.63, 3.8) is 0 Å². The van der Waals surface area contributed by atoms with Crippen LogP contribution in [0.2, 0.25) is 0 Å². The monoisotopic (exact) mass is 184 g/mol. The molecule has 0 heterocycles. The molecule has 0 radical (unpaired) electrons. The molecule has 1 aliphatic rings. The molecule has 0 unspecified atom stereocenters. The van der Waals surface area contributed by atoms with Crippen LogP contribution in [-0.2, 0) is 0 Å². The molecule has 1 saturated carbocycles. The summed E-state index contributed by atoms with van der Waals surface area (Å²) in [5.41, 5.74) is 0. The number of nitrogens with one attached hydrogen (secondary N) is 1. The molecule has 1 fully saturated rings. The standard InChI is InChI=1S/C10H20N2O/c1-4-7-12(8(2)3)10(13)11-9-5-6-9/h8-9H,4-7H2,1-3H3,(H,11,13). The molecule has 0 aromatic rings. The number of urea groups is 1. The number of amides is 2. The Morgan fingerprint density at radius 2 is 2.15 bits per heavy atom. The lowest BCUT2D eigenvalue weighted by Gasteiger charge is -2.26. The highest BCUT2D eigenvalue weighted by Crippen LogP contribution is 2.19. The van der Waals surface area contributed by atoms with Gasteiger partial charge in [0.15, 0.2) is 0 Å². The van der Waals surface area contributed by atoms with E-state index >= 15 is 0 Å². The summed E-state index contributed by atoms with van der Waals surface area (Å²) in [6.07, 6.45) is 3.34. The molecule has 0 aliphatic heterocycles. The van der Waals surface area contributed by atoms with Gasteiger partial charge in [-0.25, -0.2) is 4.79 Å². The van der Waals surface area contributed by atoms with E-state index in [1.807, 2.05) is 4.90 Å². The van der Waals surface area contributed by atoms with Crippen molar-refractivity contribution in [1.29, 1.82) is 0 Å². The van der Waals surface area contributed by atoms with Gasteiger partial charge < -0.3 is 10.2 Å². The molecule has 3 heteroatoms. The van der Waals surface area contributed by atoms with E-state index in [4.69, 9.17) is 0 Å². The Morgan fingerprint density at radius 1 is 1.54 bits per heavy atom. The van der Waals surface area contributed by atoms with Gasteiger partial charge >= 0.3 is 6.03 Å².